The van der Waals surface area contributed by atoms with E-state index in [0.717, 1.165) is 28.8 Å². The Morgan fingerprint density at radius 3 is 2.76 bits per heavy atom. The number of hydrogen-bond donors (Lipinski definition) is 1. The minimum absolute atomic E-state index is 0.0798. The quantitative estimate of drug-likeness (QED) is 0.855. The number of fused-ring (bicyclic) bond motifs is 1. The predicted octanol–water partition coefficient (Wildman–Crippen LogP) is 1.84. The minimum Gasteiger partial charge on any atom is -0.390 e. The van der Waals surface area contributed by atoms with Gasteiger partial charge in [-0.3, -0.25) is 14.4 Å². The molecule has 0 radical (unpaired) electrons. The summed E-state index contributed by atoms with van der Waals surface area (Å²) in [6.07, 6.45) is 0. The van der Waals surface area contributed by atoms with Crippen LogP contribution in [-0.2, 0) is 19.7 Å². The molecule has 2 heterocycles. The van der Waals surface area contributed by atoms with Gasteiger partial charge in [-0.25, -0.2) is 0 Å². The van der Waals surface area contributed by atoms with Gasteiger partial charge in [0.25, 0.3) is 0 Å². The van der Waals surface area contributed by atoms with E-state index in [1.54, 1.807) is 0 Å². The fourth-order valence-electron chi connectivity index (χ4n) is 2.55. The standard InChI is InChI=1S/C15H16BrN3O2/c16-15-12(10-20)17-19-7-6-18(8-13(15)19)9-14(21)11-4-2-1-3-5-11/h1-5,20H,6-10H2. The van der Waals surface area contributed by atoms with Gasteiger partial charge in [-0.05, 0) is 15.9 Å². The van der Waals surface area contributed by atoms with Gasteiger partial charge in [0, 0.05) is 18.7 Å². The lowest BCUT2D eigenvalue weighted by Gasteiger charge is -2.27. The normalized spacial score (nSPS) is 15.0. The Balaban J connectivity index is 1.72. The SMILES string of the molecule is O=C(CN1CCn2nc(CO)c(Br)c2C1)c1ccccc1. The van der Waals surface area contributed by atoms with Crippen LogP contribution < -0.4 is 0 Å². The van der Waals surface area contributed by atoms with Crippen LogP contribution in [-0.4, -0.2) is 38.7 Å². The summed E-state index contributed by atoms with van der Waals surface area (Å²) in [5.74, 6) is 0.127. The molecule has 0 saturated heterocycles. The maximum absolute atomic E-state index is 12.3. The van der Waals surface area contributed by atoms with Crippen molar-refractivity contribution in [3.63, 3.8) is 0 Å². The minimum atomic E-state index is -0.0798. The van der Waals surface area contributed by atoms with Crippen LogP contribution in [0.25, 0.3) is 0 Å². The Hall–Kier alpha value is -1.50. The van der Waals surface area contributed by atoms with E-state index in [1.807, 2.05) is 35.0 Å². The van der Waals surface area contributed by atoms with E-state index in [0.29, 0.717) is 18.8 Å². The molecule has 0 spiro atoms. The predicted molar refractivity (Wildman–Crippen MR) is 81.9 cm³/mol. The topological polar surface area (TPSA) is 58.4 Å². The Morgan fingerprint density at radius 2 is 2.05 bits per heavy atom. The maximum Gasteiger partial charge on any atom is 0.176 e. The second-order valence-corrected chi connectivity index (χ2v) is 5.88. The number of carbonyl (C=O) groups excluding carboxylic acids is 1. The molecule has 0 bridgehead atoms. The van der Waals surface area contributed by atoms with Crippen LogP contribution in [0.1, 0.15) is 21.7 Å². The van der Waals surface area contributed by atoms with Crippen LogP contribution in [0, 0.1) is 0 Å². The number of carbonyl (C=O) groups is 1. The van der Waals surface area contributed by atoms with Crippen molar-refractivity contribution in [1.82, 2.24) is 14.7 Å². The zero-order valence-electron chi connectivity index (χ0n) is 11.5. The summed E-state index contributed by atoms with van der Waals surface area (Å²) in [7, 11) is 0. The van der Waals surface area contributed by atoms with Crippen LogP contribution in [0.5, 0.6) is 0 Å². The molecule has 0 atom stereocenters. The highest BCUT2D eigenvalue weighted by atomic mass is 79.9. The lowest BCUT2D eigenvalue weighted by Crippen LogP contribution is -2.37. The van der Waals surface area contributed by atoms with Crippen molar-refractivity contribution < 1.29 is 9.90 Å². The molecule has 6 heteroatoms. The highest BCUT2D eigenvalue weighted by molar-refractivity contribution is 9.10. The highest BCUT2D eigenvalue weighted by Crippen LogP contribution is 2.25. The number of aliphatic hydroxyl groups is 1. The third-order valence-electron chi connectivity index (χ3n) is 3.67. The molecule has 1 aromatic carbocycles. The van der Waals surface area contributed by atoms with Crippen LogP contribution in [0.4, 0.5) is 0 Å². The molecule has 0 unspecified atom stereocenters. The summed E-state index contributed by atoms with van der Waals surface area (Å²) in [5.41, 5.74) is 2.42. The number of hydrogen-bond acceptors (Lipinski definition) is 4. The van der Waals surface area contributed by atoms with Gasteiger partial charge >= 0.3 is 0 Å². The van der Waals surface area contributed by atoms with Crippen molar-refractivity contribution in [3.05, 3.63) is 51.8 Å². The first-order valence-corrected chi connectivity index (χ1v) is 7.64. The third kappa shape index (κ3) is 2.92. The molecule has 21 heavy (non-hydrogen) atoms. The van der Waals surface area contributed by atoms with Crippen molar-refractivity contribution in [2.45, 2.75) is 19.7 Å². The second kappa shape index (κ2) is 6.09. The molecule has 0 amide bonds. The lowest BCUT2D eigenvalue weighted by atomic mass is 10.1. The average molecular weight is 350 g/mol. The number of Topliss-reactive ketones (excluding diaryl/α,β-unsaturated/α-hetero) is 1. The summed E-state index contributed by atoms with van der Waals surface area (Å²) in [4.78, 5) is 14.4. The van der Waals surface area contributed by atoms with Crippen molar-refractivity contribution in [1.29, 1.82) is 0 Å². The number of halogens is 1. The molecule has 1 aromatic heterocycles. The molecule has 1 aliphatic heterocycles. The molecule has 110 valence electrons. The van der Waals surface area contributed by atoms with E-state index < -0.39 is 0 Å². The number of rotatable bonds is 4. The molecule has 5 nitrogen and oxygen atoms in total. The van der Waals surface area contributed by atoms with Gasteiger partial charge in [0.15, 0.2) is 5.78 Å². The molecule has 0 fully saturated rings. The highest BCUT2D eigenvalue weighted by Gasteiger charge is 2.24. The molecule has 1 N–H and O–H groups in total. The van der Waals surface area contributed by atoms with Crippen molar-refractivity contribution in [2.75, 3.05) is 13.1 Å². The van der Waals surface area contributed by atoms with E-state index in [4.69, 9.17) is 0 Å². The summed E-state index contributed by atoms with van der Waals surface area (Å²) in [6.45, 7) is 2.49. The molecule has 2 aromatic rings. The number of aromatic nitrogens is 2. The summed E-state index contributed by atoms with van der Waals surface area (Å²) >= 11 is 3.48. The smallest absolute Gasteiger partial charge is 0.176 e. The summed E-state index contributed by atoms with van der Waals surface area (Å²) in [5, 5.41) is 13.6. The number of ketones is 1. The second-order valence-electron chi connectivity index (χ2n) is 5.09. The number of aliphatic hydroxyl groups excluding tert-OH is 1. The maximum atomic E-state index is 12.3. The zero-order valence-corrected chi connectivity index (χ0v) is 13.1. The molecular formula is C15H16BrN3O2. The molecule has 0 saturated carbocycles. The Kier molecular flexibility index (Phi) is 4.19. The van der Waals surface area contributed by atoms with Gasteiger partial charge in [0.05, 0.1) is 29.9 Å². The largest absolute Gasteiger partial charge is 0.390 e. The monoisotopic (exact) mass is 349 g/mol. The lowest BCUT2D eigenvalue weighted by molar-refractivity contribution is 0.0906. The molecular weight excluding hydrogens is 334 g/mol. The Morgan fingerprint density at radius 1 is 1.29 bits per heavy atom. The van der Waals surface area contributed by atoms with Crippen molar-refractivity contribution in [3.8, 4) is 0 Å². The van der Waals surface area contributed by atoms with Gasteiger partial charge in [-0.1, -0.05) is 30.3 Å². The molecule has 1 aliphatic rings. The third-order valence-corrected chi connectivity index (χ3v) is 4.59. The Labute approximate surface area is 131 Å². The van der Waals surface area contributed by atoms with E-state index >= 15 is 0 Å². The fourth-order valence-corrected chi connectivity index (χ4v) is 3.08. The first kappa shape index (κ1) is 14.4. The van der Waals surface area contributed by atoms with Gasteiger partial charge in [-0.15, -0.1) is 0 Å². The summed E-state index contributed by atoms with van der Waals surface area (Å²) < 4.78 is 2.75. The summed E-state index contributed by atoms with van der Waals surface area (Å²) in [6, 6.07) is 9.35. The van der Waals surface area contributed by atoms with Gasteiger partial charge < -0.3 is 5.11 Å². The molecule has 0 aliphatic carbocycles. The van der Waals surface area contributed by atoms with Crippen LogP contribution in [0.15, 0.2) is 34.8 Å². The zero-order chi connectivity index (χ0) is 14.8. The number of benzene rings is 1. The first-order valence-electron chi connectivity index (χ1n) is 6.84. The van der Waals surface area contributed by atoms with Crippen LogP contribution >= 0.6 is 15.9 Å². The van der Waals surface area contributed by atoms with Gasteiger partial charge in [-0.2, -0.15) is 5.10 Å². The van der Waals surface area contributed by atoms with E-state index in [9.17, 15) is 9.90 Å². The van der Waals surface area contributed by atoms with E-state index in [1.165, 1.54) is 0 Å². The fraction of sp³-hybridized carbons (Fsp3) is 0.333. The molecule has 3 rings (SSSR count). The van der Waals surface area contributed by atoms with Gasteiger partial charge in [0.2, 0.25) is 0 Å². The van der Waals surface area contributed by atoms with E-state index in [2.05, 4.69) is 25.9 Å². The van der Waals surface area contributed by atoms with Gasteiger partial charge in [0.1, 0.15) is 5.69 Å². The first-order chi connectivity index (χ1) is 10.2. The van der Waals surface area contributed by atoms with Crippen LogP contribution in [0.2, 0.25) is 0 Å². The van der Waals surface area contributed by atoms with Crippen molar-refractivity contribution >= 4 is 21.7 Å². The average Bonchev–Trinajstić information content (AvgIpc) is 2.84. The Bertz CT molecular complexity index is 654. The number of nitrogens with zero attached hydrogens (tertiary/aromatic N) is 3. The van der Waals surface area contributed by atoms with E-state index in [-0.39, 0.29) is 12.4 Å². The van der Waals surface area contributed by atoms with Crippen LogP contribution in [0.3, 0.4) is 0 Å². The van der Waals surface area contributed by atoms with Crippen molar-refractivity contribution in [2.24, 2.45) is 0 Å².